The summed E-state index contributed by atoms with van der Waals surface area (Å²) in [7, 11) is 0. The van der Waals surface area contributed by atoms with E-state index in [9.17, 15) is 4.79 Å². The fourth-order valence-electron chi connectivity index (χ4n) is 4.81. The van der Waals surface area contributed by atoms with Crippen molar-refractivity contribution in [1.29, 1.82) is 0 Å². The van der Waals surface area contributed by atoms with Crippen LogP contribution in [0.5, 0.6) is 5.75 Å². The molecule has 1 spiro atoms. The lowest BCUT2D eigenvalue weighted by Crippen LogP contribution is -2.35. The Bertz CT molecular complexity index is 1200. The van der Waals surface area contributed by atoms with Crippen LogP contribution in [0.4, 0.5) is 17.3 Å². The van der Waals surface area contributed by atoms with Gasteiger partial charge in [-0.25, -0.2) is 9.97 Å². The van der Waals surface area contributed by atoms with Crippen LogP contribution >= 0.6 is 0 Å². The van der Waals surface area contributed by atoms with Gasteiger partial charge in [0.05, 0.1) is 17.6 Å². The Kier molecular flexibility index (Phi) is 3.70. The standard InChI is InChI=1S/C24H23N5O2/c1-23(2)21-18(14-26-22(28-21)27-15-4-3-11-25-13-15)17-6-5-16(12-19(17)31-23)29-20(30)7-8-24(29)9-10-24/h3-6,11-14H,7-10H2,1-2H3,(H,26,27,28). The molecule has 0 unspecified atom stereocenters. The number of rotatable bonds is 3. The molecule has 156 valence electrons. The molecule has 1 saturated carbocycles. The van der Waals surface area contributed by atoms with Gasteiger partial charge >= 0.3 is 0 Å². The van der Waals surface area contributed by atoms with Crippen molar-refractivity contribution < 1.29 is 9.53 Å². The van der Waals surface area contributed by atoms with E-state index in [0.717, 1.165) is 53.2 Å². The first-order valence-corrected chi connectivity index (χ1v) is 10.7. The number of aromatic nitrogens is 3. The van der Waals surface area contributed by atoms with Gasteiger partial charge in [-0.2, -0.15) is 0 Å². The molecule has 7 nitrogen and oxygen atoms in total. The third-order valence-corrected chi connectivity index (χ3v) is 6.51. The van der Waals surface area contributed by atoms with E-state index in [2.05, 4.69) is 15.3 Å². The quantitative estimate of drug-likeness (QED) is 0.678. The molecule has 3 aromatic rings. The molecule has 0 atom stereocenters. The monoisotopic (exact) mass is 413 g/mol. The average molecular weight is 413 g/mol. The Balaban J connectivity index is 1.39. The fraction of sp³-hybridized carbons (Fsp3) is 0.333. The largest absolute Gasteiger partial charge is 0.481 e. The van der Waals surface area contributed by atoms with Crippen LogP contribution < -0.4 is 15.0 Å². The number of ether oxygens (including phenoxy) is 1. The van der Waals surface area contributed by atoms with Crippen molar-refractivity contribution in [2.45, 2.75) is 50.7 Å². The summed E-state index contributed by atoms with van der Waals surface area (Å²) >= 11 is 0. The molecule has 0 radical (unpaired) electrons. The average Bonchev–Trinajstić information content (AvgIpc) is 3.45. The summed E-state index contributed by atoms with van der Waals surface area (Å²) < 4.78 is 6.41. The molecule has 2 fully saturated rings. The highest BCUT2D eigenvalue weighted by molar-refractivity contribution is 5.99. The predicted octanol–water partition coefficient (Wildman–Crippen LogP) is 4.57. The number of benzene rings is 1. The van der Waals surface area contributed by atoms with E-state index in [1.807, 2.05) is 55.3 Å². The van der Waals surface area contributed by atoms with E-state index in [1.165, 1.54) is 0 Å². The fourth-order valence-corrected chi connectivity index (χ4v) is 4.81. The zero-order chi connectivity index (χ0) is 21.2. The third-order valence-electron chi connectivity index (χ3n) is 6.51. The van der Waals surface area contributed by atoms with Crippen LogP contribution in [0.1, 0.15) is 45.2 Å². The van der Waals surface area contributed by atoms with Gasteiger partial charge in [-0.1, -0.05) is 0 Å². The minimum atomic E-state index is -0.637. The predicted molar refractivity (Wildman–Crippen MR) is 117 cm³/mol. The summed E-state index contributed by atoms with van der Waals surface area (Å²) in [4.78, 5) is 28.0. The molecule has 0 bridgehead atoms. The van der Waals surface area contributed by atoms with Crippen molar-refractivity contribution >= 4 is 23.2 Å². The maximum absolute atomic E-state index is 12.6. The van der Waals surface area contributed by atoms with E-state index in [4.69, 9.17) is 9.72 Å². The molecule has 1 aliphatic carbocycles. The molecule has 2 aromatic heterocycles. The van der Waals surface area contributed by atoms with Crippen LogP contribution in [0.2, 0.25) is 0 Å². The molecule has 31 heavy (non-hydrogen) atoms. The number of pyridine rings is 1. The lowest BCUT2D eigenvalue weighted by atomic mass is 9.91. The number of nitrogens with zero attached hydrogens (tertiary/aromatic N) is 4. The molecule has 4 heterocycles. The molecule has 1 saturated heterocycles. The summed E-state index contributed by atoms with van der Waals surface area (Å²) in [5.41, 5.74) is 3.88. The molecule has 1 amide bonds. The first kappa shape index (κ1) is 18.3. The van der Waals surface area contributed by atoms with E-state index in [1.54, 1.807) is 12.4 Å². The lowest BCUT2D eigenvalue weighted by molar-refractivity contribution is -0.117. The molecule has 7 heteroatoms. The first-order chi connectivity index (χ1) is 15.0. The van der Waals surface area contributed by atoms with E-state index in [0.29, 0.717) is 12.4 Å². The smallest absolute Gasteiger partial charge is 0.227 e. The minimum Gasteiger partial charge on any atom is -0.481 e. The summed E-state index contributed by atoms with van der Waals surface area (Å²) in [5, 5.41) is 3.20. The molecule has 1 aromatic carbocycles. The third kappa shape index (κ3) is 2.87. The number of anilines is 3. The van der Waals surface area contributed by atoms with Crippen molar-refractivity contribution in [1.82, 2.24) is 15.0 Å². The van der Waals surface area contributed by atoms with Crippen molar-refractivity contribution in [3.05, 3.63) is 54.6 Å². The maximum atomic E-state index is 12.6. The molecule has 6 rings (SSSR count). The Morgan fingerprint density at radius 3 is 2.74 bits per heavy atom. The number of carbonyl (C=O) groups excluding carboxylic acids is 1. The topological polar surface area (TPSA) is 80.2 Å². The van der Waals surface area contributed by atoms with Crippen molar-refractivity contribution in [3.8, 4) is 16.9 Å². The van der Waals surface area contributed by atoms with Crippen LogP contribution in [0.15, 0.2) is 48.9 Å². The molecular formula is C24H23N5O2. The Labute approximate surface area is 180 Å². The number of fused-ring (bicyclic) bond motifs is 3. The van der Waals surface area contributed by atoms with Crippen molar-refractivity contribution in [3.63, 3.8) is 0 Å². The van der Waals surface area contributed by atoms with E-state index >= 15 is 0 Å². The highest BCUT2D eigenvalue weighted by Gasteiger charge is 2.54. The molecule has 1 N–H and O–H groups in total. The summed E-state index contributed by atoms with van der Waals surface area (Å²) in [6.45, 7) is 4.01. The van der Waals surface area contributed by atoms with Crippen LogP contribution in [0.25, 0.3) is 11.1 Å². The van der Waals surface area contributed by atoms with E-state index in [-0.39, 0.29) is 11.4 Å². The lowest BCUT2D eigenvalue weighted by Gasteiger charge is -2.35. The Hall–Kier alpha value is -3.48. The molecular weight excluding hydrogens is 390 g/mol. The van der Waals surface area contributed by atoms with Crippen LogP contribution in [-0.4, -0.2) is 26.4 Å². The highest BCUT2D eigenvalue weighted by atomic mass is 16.5. The number of carbonyl (C=O) groups is 1. The first-order valence-electron chi connectivity index (χ1n) is 10.7. The van der Waals surface area contributed by atoms with Crippen LogP contribution in [0, 0.1) is 0 Å². The van der Waals surface area contributed by atoms with E-state index < -0.39 is 5.60 Å². The second-order valence-corrected chi connectivity index (χ2v) is 9.07. The summed E-state index contributed by atoms with van der Waals surface area (Å²) in [6.07, 6.45) is 9.06. The minimum absolute atomic E-state index is 0.0450. The van der Waals surface area contributed by atoms with Gasteiger partial charge in [-0.3, -0.25) is 9.78 Å². The number of amides is 1. The van der Waals surface area contributed by atoms with Gasteiger partial charge in [-0.05, 0) is 57.4 Å². The number of nitrogens with one attached hydrogen (secondary N) is 1. The Morgan fingerprint density at radius 2 is 1.97 bits per heavy atom. The second-order valence-electron chi connectivity index (χ2n) is 9.07. The Morgan fingerprint density at radius 1 is 1.10 bits per heavy atom. The van der Waals surface area contributed by atoms with Gasteiger partial charge in [0.1, 0.15) is 11.4 Å². The van der Waals surface area contributed by atoms with Gasteiger partial charge in [0.15, 0.2) is 0 Å². The van der Waals surface area contributed by atoms with Gasteiger partial charge < -0.3 is 15.0 Å². The van der Waals surface area contributed by atoms with Gasteiger partial charge in [0.2, 0.25) is 11.9 Å². The van der Waals surface area contributed by atoms with Crippen LogP contribution in [-0.2, 0) is 10.4 Å². The van der Waals surface area contributed by atoms with Gasteiger partial charge in [-0.15, -0.1) is 0 Å². The highest BCUT2D eigenvalue weighted by Crippen LogP contribution is 2.53. The van der Waals surface area contributed by atoms with Gasteiger partial charge in [0.25, 0.3) is 0 Å². The molecule has 3 aliphatic rings. The second kappa shape index (κ2) is 6.26. The number of hydrogen-bond acceptors (Lipinski definition) is 6. The van der Waals surface area contributed by atoms with Crippen molar-refractivity contribution in [2.75, 3.05) is 10.2 Å². The zero-order valence-electron chi connectivity index (χ0n) is 17.6. The van der Waals surface area contributed by atoms with Gasteiger partial charge in [0, 0.05) is 47.2 Å². The number of hydrogen-bond donors (Lipinski definition) is 1. The SMILES string of the molecule is CC1(C)Oc2cc(N3C(=O)CCC34CC4)ccc2-c2cnc(Nc3cccnc3)nc21. The summed E-state index contributed by atoms with van der Waals surface area (Å²) in [6, 6.07) is 9.83. The normalized spacial score (nSPS) is 19.5. The maximum Gasteiger partial charge on any atom is 0.227 e. The van der Waals surface area contributed by atoms with Crippen LogP contribution in [0.3, 0.4) is 0 Å². The zero-order valence-corrected chi connectivity index (χ0v) is 17.6. The summed E-state index contributed by atoms with van der Waals surface area (Å²) in [5.74, 6) is 1.48. The van der Waals surface area contributed by atoms with Crippen molar-refractivity contribution in [2.24, 2.45) is 0 Å². The molecule has 2 aliphatic heterocycles.